The van der Waals surface area contributed by atoms with Gasteiger partial charge in [0.2, 0.25) is 5.91 Å². The van der Waals surface area contributed by atoms with E-state index in [4.69, 9.17) is 16.6 Å². The second kappa shape index (κ2) is 8.81. The largest absolute Gasteiger partial charge is 0.340 e. The number of aryl methyl sites for hydroxylation is 1. The molecule has 162 valence electrons. The number of fused-ring (bicyclic) bond motifs is 1. The molecule has 3 aromatic rings. The van der Waals surface area contributed by atoms with E-state index in [2.05, 4.69) is 17.9 Å². The number of piperazine rings is 1. The minimum atomic E-state index is -0.0736. The molecular formula is C24H27ClN4O2. The zero-order chi connectivity index (χ0) is 22.1. The van der Waals surface area contributed by atoms with Crippen molar-refractivity contribution in [2.45, 2.75) is 26.3 Å². The van der Waals surface area contributed by atoms with Crippen LogP contribution in [0.4, 0.5) is 0 Å². The highest BCUT2D eigenvalue weighted by Gasteiger charge is 2.27. The Balaban J connectivity index is 1.46. The Hall–Kier alpha value is -2.70. The molecule has 0 radical (unpaired) electrons. The third kappa shape index (κ3) is 4.50. The Morgan fingerprint density at radius 1 is 1.13 bits per heavy atom. The van der Waals surface area contributed by atoms with Crippen LogP contribution in [0, 0.1) is 6.92 Å². The van der Waals surface area contributed by atoms with E-state index in [1.807, 2.05) is 30.0 Å². The zero-order valence-electron chi connectivity index (χ0n) is 18.1. The number of aromatic nitrogens is 2. The average Bonchev–Trinajstić information content (AvgIpc) is 2.75. The predicted molar refractivity (Wildman–Crippen MR) is 123 cm³/mol. The molecule has 31 heavy (non-hydrogen) atoms. The summed E-state index contributed by atoms with van der Waals surface area (Å²) >= 11 is 6.11. The van der Waals surface area contributed by atoms with E-state index in [-0.39, 0.29) is 17.5 Å². The number of benzene rings is 2. The maximum Gasteiger partial charge on any atom is 0.261 e. The van der Waals surface area contributed by atoms with Crippen LogP contribution in [0.2, 0.25) is 5.02 Å². The van der Waals surface area contributed by atoms with Gasteiger partial charge in [0.1, 0.15) is 5.82 Å². The second-order valence-corrected chi connectivity index (χ2v) is 8.69. The highest BCUT2D eigenvalue weighted by molar-refractivity contribution is 6.31. The number of amides is 1. The van der Waals surface area contributed by atoms with E-state index in [9.17, 15) is 9.59 Å². The van der Waals surface area contributed by atoms with Gasteiger partial charge >= 0.3 is 0 Å². The number of hydrogen-bond donors (Lipinski definition) is 0. The molecule has 0 spiro atoms. The van der Waals surface area contributed by atoms with Crippen LogP contribution in [0.3, 0.4) is 0 Å². The van der Waals surface area contributed by atoms with Crippen molar-refractivity contribution in [2.24, 2.45) is 7.05 Å². The van der Waals surface area contributed by atoms with Gasteiger partial charge in [-0.3, -0.25) is 19.1 Å². The summed E-state index contributed by atoms with van der Waals surface area (Å²) in [5, 5.41) is 1.13. The summed E-state index contributed by atoms with van der Waals surface area (Å²) < 4.78 is 1.62. The van der Waals surface area contributed by atoms with Gasteiger partial charge in [0.25, 0.3) is 5.56 Å². The van der Waals surface area contributed by atoms with Crippen LogP contribution in [-0.4, -0.2) is 51.4 Å². The second-order valence-electron chi connectivity index (χ2n) is 8.25. The molecule has 4 rings (SSSR count). The summed E-state index contributed by atoms with van der Waals surface area (Å²) in [5.41, 5.74) is 2.76. The fourth-order valence-electron chi connectivity index (χ4n) is 4.27. The minimum Gasteiger partial charge on any atom is -0.340 e. The fraction of sp³-hybridized carbons (Fsp3) is 0.375. The molecule has 0 bridgehead atoms. The number of rotatable bonds is 4. The summed E-state index contributed by atoms with van der Waals surface area (Å²) in [6.07, 6.45) is 0.429. The molecule has 0 saturated carbocycles. The number of carbonyl (C=O) groups is 1. The molecule has 1 aliphatic heterocycles. The van der Waals surface area contributed by atoms with Crippen molar-refractivity contribution in [1.82, 2.24) is 19.4 Å². The lowest BCUT2D eigenvalue weighted by atomic mass is 10.1. The molecule has 1 unspecified atom stereocenters. The first-order chi connectivity index (χ1) is 14.8. The standard InChI is InChI=1S/C24H27ClN4O2/c1-16-5-4-6-18(13-16)14-22(30)29-11-9-28(10-12-29)17(2)23-26-21-15-19(25)7-8-20(21)24(31)27(23)3/h4-8,13,15,17H,9-12,14H2,1-3H3. The van der Waals surface area contributed by atoms with Gasteiger partial charge in [0.15, 0.2) is 0 Å². The number of nitrogens with zero attached hydrogens (tertiary/aromatic N) is 4. The lowest BCUT2D eigenvalue weighted by Crippen LogP contribution is -2.50. The van der Waals surface area contributed by atoms with Gasteiger partial charge in [-0.1, -0.05) is 41.4 Å². The Morgan fingerprint density at radius 3 is 2.58 bits per heavy atom. The van der Waals surface area contributed by atoms with Crippen LogP contribution in [0.25, 0.3) is 10.9 Å². The number of halogens is 1. The van der Waals surface area contributed by atoms with E-state index in [0.717, 1.165) is 18.7 Å². The first-order valence-corrected chi connectivity index (χ1v) is 10.9. The van der Waals surface area contributed by atoms with Crippen LogP contribution < -0.4 is 5.56 Å². The van der Waals surface area contributed by atoms with Gasteiger partial charge < -0.3 is 4.90 Å². The monoisotopic (exact) mass is 438 g/mol. The molecule has 1 atom stereocenters. The molecular weight excluding hydrogens is 412 g/mol. The van der Waals surface area contributed by atoms with Crippen molar-refractivity contribution in [3.63, 3.8) is 0 Å². The Bertz CT molecular complexity index is 1180. The lowest BCUT2D eigenvalue weighted by molar-refractivity contribution is -0.132. The third-order valence-electron chi connectivity index (χ3n) is 6.10. The van der Waals surface area contributed by atoms with E-state index < -0.39 is 0 Å². The molecule has 0 aliphatic carbocycles. The lowest BCUT2D eigenvalue weighted by Gasteiger charge is -2.38. The van der Waals surface area contributed by atoms with Crippen molar-refractivity contribution in [3.8, 4) is 0 Å². The molecule has 1 fully saturated rings. The van der Waals surface area contributed by atoms with Gasteiger partial charge in [-0.15, -0.1) is 0 Å². The van der Waals surface area contributed by atoms with Gasteiger partial charge in [-0.2, -0.15) is 0 Å². The quantitative estimate of drug-likeness (QED) is 0.626. The molecule has 2 aromatic carbocycles. The molecule has 2 heterocycles. The average molecular weight is 439 g/mol. The Morgan fingerprint density at radius 2 is 1.87 bits per heavy atom. The van der Waals surface area contributed by atoms with Crippen LogP contribution in [-0.2, 0) is 18.3 Å². The summed E-state index contributed by atoms with van der Waals surface area (Å²) in [6.45, 7) is 6.91. The first-order valence-electron chi connectivity index (χ1n) is 10.6. The van der Waals surface area contributed by atoms with E-state index in [0.29, 0.717) is 41.3 Å². The molecule has 7 heteroatoms. The van der Waals surface area contributed by atoms with E-state index in [1.165, 1.54) is 5.56 Å². The highest BCUT2D eigenvalue weighted by Crippen LogP contribution is 2.22. The molecule has 0 N–H and O–H groups in total. The minimum absolute atomic E-state index is 0.0462. The Kier molecular flexibility index (Phi) is 6.12. The molecule has 6 nitrogen and oxygen atoms in total. The summed E-state index contributed by atoms with van der Waals surface area (Å²) in [6, 6.07) is 13.2. The third-order valence-corrected chi connectivity index (χ3v) is 6.33. The van der Waals surface area contributed by atoms with Crippen molar-refractivity contribution in [3.05, 3.63) is 74.8 Å². The highest BCUT2D eigenvalue weighted by atomic mass is 35.5. The normalized spacial score (nSPS) is 15.9. The molecule has 1 aromatic heterocycles. The van der Waals surface area contributed by atoms with Crippen molar-refractivity contribution in [2.75, 3.05) is 26.2 Å². The van der Waals surface area contributed by atoms with Crippen molar-refractivity contribution < 1.29 is 4.79 Å². The van der Waals surface area contributed by atoms with Gasteiger partial charge in [-0.05, 0) is 37.6 Å². The zero-order valence-corrected chi connectivity index (χ0v) is 18.9. The van der Waals surface area contributed by atoms with Gasteiger partial charge in [0.05, 0.1) is 23.4 Å². The Labute approximate surface area is 187 Å². The SMILES string of the molecule is Cc1cccc(CC(=O)N2CCN(C(C)c3nc4cc(Cl)ccc4c(=O)n3C)CC2)c1. The van der Waals surface area contributed by atoms with Crippen molar-refractivity contribution >= 4 is 28.4 Å². The molecule has 1 saturated heterocycles. The molecule has 1 amide bonds. The molecule has 1 aliphatic rings. The topological polar surface area (TPSA) is 58.4 Å². The van der Waals surface area contributed by atoms with Gasteiger partial charge in [-0.25, -0.2) is 4.98 Å². The van der Waals surface area contributed by atoms with Crippen LogP contribution in [0.1, 0.15) is 29.9 Å². The maximum atomic E-state index is 12.8. The summed E-state index contributed by atoms with van der Waals surface area (Å²) in [7, 11) is 1.76. The smallest absolute Gasteiger partial charge is 0.261 e. The van der Waals surface area contributed by atoms with Crippen LogP contribution in [0.5, 0.6) is 0 Å². The van der Waals surface area contributed by atoms with Crippen LogP contribution >= 0.6 is 11.6 Å². The first kappa shape index (κ1) is 21.5. The fourth-order valence-corrected chi connectivity index (χ4v) is 4.43. The predicted octanol–water partition coefficient (Wildman–Crippen LogP) is 3.34. The van der Waals surface area contributed by atoms with E-state index >= 15 is 0 Å². The number of carbonyl (C=O) groups excluding carboxylic acids is 1. The summed E-state index contributed by atoms with van der Waals surface area (Å²) in [5.74, 6) is 0.864. The van der Waals surface area contributed by atoms with Crippen LogP contribution in [0.15, 0.2) is 47.3 Å². The maximum absolute atomic E-state index is 12.8. The van der Waals surface area contributed by atoms with Crippen molar-refractivity contribution in [1.29, 1.82) is 0 Å². The number of hydrogen-bond acceptors (Lipinski definition) is 4. The van der Waals surface area contributed by atoms with Gasteiger partial charge in [0, 0.05) is 38.2 Å². The van der Waals surface area contributed by atoms with E-state index in [1.54, 1.807) is 29.8 Å². The summed E-state index contributed by atoms with van der Waals surface area (Å²) in [4.78, 5) is 34.5.